The third-order valence-electron chi connectivity index (χ3n) is 0.666. The zero-order chi connectivity index (χ0) is 13.9. The number of carbonyl (C=O) groups is 1. The van der Waals surface area contributed by atoms with Gasteiger partial charge in [-0.15, -0.1) is 0 Å². The molecule has 1 aliphatic heterocycles. The predicted molar refractivity (Wildman–Crippen MR) is 32.8 cm³/mol. The molecule has 1 fully saturated rings. The Morgan fingerprint density at radius 3 is 2.50 bits per heavy atom. The van der Waals surface area contributed by atoms with Crippen molar-refractivity contribution in [2.75, 3.05) is 26.1 Å². The van der Waals surface area contributed by atoms with Crippen LogP contribution in [-0.4, -0.2) is 36.9 Å². The Morgan fingerprint density at radius 2 is 2.10 bits per heavy atom. The van der Waals surface area contributed by atoms with Crippen molar-refractivity contribution in [3.8, 4) is 0 Å². The molecule has 0 aromatic rings. The van der Waals surface area contributed by atoms with Crippen molar-refractivity contribution in [2.45, 2.75) is 0 Å². The average molecular weight is 202 g/mol. The zero-order valence-corrected chi connectivity index (χ0v) is 8.15. The van der Waals surface area contributed by atoms with E-state index in [9.17, 15) is 4.79 Å². The van der Waals surface area contributed by atoms with Crippen molar-refractivity contribution >= 4 is 5.91 Å². The fourth-order valence-electron chi connectivity index (χ4n) is 0.315. The maximum Gasteiger partial charge on any atom is 0.0824 e. The van der Waals surface area contributed by atoms with Gasteiger partial charge in [0.25, 0.3) is 0 Å². The van der Waals surface area contributed by atoms with Crippen LogP contribution in [0.2, 0.25) is 0 Å². The summed E-state index contributed by atoms with van der Waals surface area (Å²) in [5, 5.41) is 0. The monoisotopic (exact) mass is 200 g/mol. The number of carbonyl (C=O) groups excluding carboxylic acids is 1. The molecule has 0 saturated carbocycles. The van der Waals surface area contributed by atoms with Gasteiger partial charge in [0.1, 0.15) is 0 Å². The number of rotatable bonds is 0. The molecular formula is C6H10NO2Zn-. The molecule has 1 rings (SSSR count). The molecule has 0 aliphatic carbocycles. The molecule has 0 aromatic carbocycles. The number of hydrogen-bond donors (Lipinski definition) is 0. The van der Waals surface area contributed by atoms with Crippen LogP contribution >= 0.6 is 0 Å². The van der Waals surface area contributed by atoms with E-state index in [1.807, 2.05) is 0 Å². The van der Waals surface area contributed by atoms with Crippen LogP contribution in [0.15, 0.2) is 0 Å². The van der Waals surface area contributed by atoms with Gasteiger partial charge in [-0.3, -0.25) is 0 Å². The van der Waals surface area contributed by atoms with Gasteiger partial charge in [-0.05, 0) is 0 Å². The second-order valence-corrected chi connectivity index (χ2v) is 1.26. The topological polar surface area (TPSA) is 29.5 Å². The Morgan fingerprint density at radius 1 is 1.60 bits per heavy atom. The van der Waals surface area contributed by atoms with E-state index in [4.69, 9.17) is 11.0 Å². The number of morpholine rings is 1. The Kier molecular flexibility index (Phi) is 1.30. The van der Waals surface area contributed by atoms with Crippen molar-refractivity contribution in [1.29, 1.82) is 0 Å². The van der Waals surface area contributed by atoms with E-state index in [1.165, 1.54) is 0 Å². The Balaban J connectivity index is 0.00000289. The fourth-order valence-corrected chi connectivity index (χ4v) is 0.315. The van der Waals surface area contributed by atoms with Crippen LogP contribution < -0.4 is 0 Å². The first-order valence-corrected chi connectivity index (χ1v) is 2.14. The number of ether oxygens (including phenoxy) is 1. The fraction of sp³-hybridized carbons (Fsp3) is 0.667. The van der Waals surface area contributed by atoms with Crippen LogP contribution in [0.5, 0.6) is 0 Å². The van der Waals surface area contributed by atoms with Crippen molar-refractivity contribution in [3.05, 3.63) is 6.92 Å². The molecule has 0 N–H and O–H groups in total. The molecule has 1 heterocycles. The molecule has 54 valence electrons. The second-order valence-electron chi connectivity index (χ2n) is 1.26. The molecule has 0 unspecified atom stereocenters. The number of amides is 1. The maximum atomic E-state index is 11.2. The summed E-state index contributed by atoms with van der Waals surface area (Å²) in [6.45, 7) is -9.95. The van der Waals surface area contributed by atoms with E-state index in [1.54, 1.807) is 0 Å². The van der Waals surface area contributed by atoms with Crippen LogP contribution in [-0.2, 0) is 29.0 Å². The molecule has 4 heteroatoms. The molecule has 0 radical (unpaired) electrons. The van der Waals surface area contributed by atoms with Gasteiger partial charge in [0, 0.05) is 32.5 Å². The molecule has 3 nitrogen and oxygen atoms in total. The first kappa shape index (κ1) is 2.76. The van der Waals surface area contributed by atoms with Gasteiger partial charge >= 0.3 is 0 Å². The Bertz CT molecular complexity index is 333. The summed E-state index contributed by atoms with van der Waals surface area (Å²) in [4.78, 5) is 10.9. The van der Waals surface area contributed by atoms with Gasteiger partial charge in [0.05, 0.1) is 30.0 Å². The number of hydrogen-bond acceptors (Lipinski definition) is 2. The van der Waals surface area contributed by atoms with Crippen molar-refractivity contribution in [1.82, 2.24) is 4.90 Å². The summed E-state index contributed by atoms with van der Waals surface area (Å²) in [5.41, 5.74) is 0. The van der Waals surface area contributed by atoms with Gasteiger partial charge in [0.15, 0.2) is 0 Å². The van der Waals surface area contributed by atoms with Crippen LogP contribution in [0.1, 0.15) is 11.0 Å². The van der Waals surface area contributed by atoms with Crippen molar-refractivity contribution in [2.24, 2.45) is 0 Å². The smallest absolute Gasteiger partial charge is 0.0824 e. The van der Waals surface area contributed by atoms with Crippen molar-refractivity contribution < 1.29 is 40.0 Å². The third kappa shape index (κ3) is 2.67. The summed E-state index contributed by atoms with van der Waals surface area (Å²) in [6, 6.07) is 0. The van der Waals surface area contributed by atoms with Gasteiger partial charge in [-0.2, -0.15) is 0 Å². The van der Waals surface area contributed by atoms with E-state index < -0.39 is 32.0 Å². The minimum atomic E-state index is -3.20. The van der Waals surface area contributed by atoms with Crippen molar-refractivity contribution in [3.63, 3.8) is 0 Å². The minimum absolute atomic E-state index is 0. The summed E-state index contributed by atoms with van der Waals surface area (Å²) >= 11 is 0. The van der Waals surface area contributed by atoms with Crippen LogP contribution in [0, 0.1) is 6.92 Å². The summed E-state index contributed by atoms with van der Waals surface area (Å²) < 4.78 is 62.6. The molecular weight excluding hydrogens is 183 g/mol. The van der Waals surface area contributed by atoms with Crippen LogP contribution in [0.3, 0.4) is 0 Å². The number of nitrogens with zero attached hydrogens (tertiary/aromatic N) is 1. The van der Waals surface area contributed by atoms with E-state index in [0.717, 1.165) is 0 Å². The summed E-state index contributed by atoms with van der Waals surface area (Å²) in [6.07, 6.45) is 0. The maximum absolute atomic E-state index is 11.2. The van der Waals surface area contributed by atoms with Gasteiger partial charge in [0.2, 0.25) is 0 Å². The average Bonchev–Trinajstić information content (AvgIpc) is 1.96. The Hall–Kier alpha value is -0.0766. The molecule has 1 saturated heterocycles. The standard InChI is InChI=1S/C6H10NO2.Zn/c1-6(8)7-2-4-9-5-3-7;/h1-5H2;/q-1;/i2D2,3D2,4D2,5D2;. The summed E-state index contributed by atoms with van der Waals surface area (Å²) in [7, 11) is 0. The molecule has 10 heavy (non-hydrogen) atoms. The van der Waals surface area contributed by atoms with E-state index >= 15 is 0 Å². The molecule has 0 aromatic heterocycles. The molecule has 1 aliphatic rings. The van der Waals surface area contributed by atoms with E-state index in [2.05, 4.69) is 11.7 Å². The minimum Gasteiger partial charge on any atom is -0.378 e. The molecule has 1 amide bonds. The quantitative estimate of drug-likeness (QED) is 0.397. The first-order chi connectivity index (χ1) is 7.27. The molecule has 0 bridgehead atoms. The largest absolute Gasteiger partial charge is 0.378 e. The summed E-state index contributed by atoms with van der Waals surface area (Å²) in [5.74, 6) is -1.38. The van der Waals surface area contributed by atoms with Crippen LogP contribution in [0.25, 0.3) is 0 Å². The normalized spacial score (nSPS) is 49.8. The zero-order valence-electron chi connectivity index (χ0n) is 13.2. The van der Waals surface area contributed by atoms with Gasteiger partial charge in [-0.1, -0.05) is 0 Å². The van der Waals surface area contributed by atoms with Gasteiger partial charge < -0.3 is 21.4 Å². The second kappa shape index (κ2) is 4.70. The molecule has 0 atom stereocenters. The van der Waals surface area contributed by atoms with E-state index in [-0.39, 0.29) is 24.4 Å². The third-order valence-corrected chi connectivity index (χ3v) is 0.666. The predicted octanol–water partition coefficient (Wildman–Crippen LogP) is -0.323. The molecule has 0 spiro atoms. The first-order valence-electron chi connectivity index (χ1n) is 6.14. The van der Waals surface area contributed by atoms with E-state index in [0.29, 0.717) is 0 Å². The van der Waals surface area contributed by atoms with Crippen LogP contribution in [0.4, 0.5) is 0 Å². The SMILES string of the molecule is [2H]C1([2H])OC([2H])([2H])C([2H])([2H])N(C([CH2-])=O)C1([2H])[2H].[Zn]. The Labute approximate surface area is 84.7 Å². The van der Waals surface area contributed by atoms with Gasteiger partial charge in [-0.25, -0.2) is 0 Å².